The van der Waals surface area contributed by atoms with Crippen LogP contribution in [0, 0.1) is 0 Å². The van der Waals surface area contributed by atoms with Gasteiger partial charge in [-0.2, -0.15) is 0 Å². The van der Waals surface area contributed by atoms with Crippen LogP contribution in [-0.4, -0.2) is 4.57 Å². The molecule has 0 amide bonds. The van der Waals surface area contributed by atoms with E-state index in [0.717, 1.165) is 78.2 Å². The van der Waals surface area contributed by atoms with Gasteiger partial charge in [0.05, 0.1) is 11.2 Å². The normalized spacial score (nSPS) is 14.2. The van der Waals surface area contributed by atoms with E-state index in [0.29, 0.717) is 0 Å². The Morgan fingerprint density at radius 1 is 0.477 bits per heavy atom. The minimum absolute atomic E-state index is 0.125. The molecule has 13 rings (SSSR count). The zero-order valence-electron chi connectivity index (χ0n) is 36.1. The van der Waals surface area contributed by atoms with Crippen LogP contribution in [0.25, 0.3) is 83.6 Å². The van der Waals surface area contributed by atoms with Gasteiger partial charge in [0.25, 0.3) is 0 Å². The number of para-hydroxylation sites is 2. The van der Waals surface area contributed by atoms with E-state index in [9.17, 15) is 0 Å². The molecule has 3 aliphatic rings. The molecule has 0 spiro atoms. The Hall–Kier alpha value is -8.36. The monoisotopic (exact) mass is 830 g/mol. The first kappa shape index (κ1) is 37.2. The van der Waals surface area contributed by atoms with Crippen molar-refractivity contribution in [3.05, 3.63) is 246 Å². The van der Waals surface area contributed by atoms with Gasteiger partial charge in [-0.25, -0.2) is 0 Å². The predicted octanol–water partition coefficient (Wildman–Crippen LogP) is 16.7. The van der Waals surface area contributed by atoms with Crippen molar-refractivity contribution in [2.45, 2.75) is 19.3 Å². The summed E-state index contributed by atoms with van der Waals surface area (Å²) < 4.78 is 8.54. The molecule has 3 heteroatoms. The molecule has 0 N–H and O–H groups in total. The summed E-state index contributed by atoms with van der Waals surface area (Å²) in [5.41, 5.74) is 25.5. The van der Waals surface area contributed by atoms with Crippen molar-refractivity contribution in [2.75, 3.05) is 4.90 Å². The fourth-order valence-electron chi connectivity index (χ4n) is 10.5. The van der Waals surface area contributed by atoms with E-state index in [4.69, 9.17) is 4.42 Å². The summed E-state index contributed by atoms with van der Waals surface area (Å²) in [5, 5.41) is 3.47. The molecule has 0 saturated heterocycles. The van der Waals surface area contributed by atoms with Crippen molar-refractivity contribution < 1.29 is 4.42 Å². The number of aromatic nitrogens is 1. The van der Waals surface area contributed by atoms with Gasteiger partial charge in [-0.15, -0.1) is 5.73 Å². The first-order chi connectivity index (χ1) is 32.0. The van der Waals surface area contributed by atoms with E-state index in [-0.39, 0.29) is 5.41 Å². The number of nitrogens with zero attached hydrogens (tertiary/aromatic N) is 2. The number of hydrogen-bond donors (Lipinski definition) is 0. The highest BCUT2D eigenvalue weighted by Gasteiger charge is 2.36. The highest BCUT2D eigenvalue weighted by Crippen LogP contribution is 2.51. The Bertz CT molecular complexity index is 3750. The molecule has 3 aliphatic carbocycles. The number of rotatable bonds is 6. The van der Waals surface area contributed by atoms with Gasteiger partial charge in [-0.3, -0.25) is 0 Å². The molecule has 0 fully saturated rings. The van der Waals surface area contributed by atoms with E-state index < -0.39 is 0 Å². The van der Waals surface area contributed by atoms with E-state index in [1.165, 1.54) is 44.3 Å². The summed E-state index contributed by atoms with van der Waals surface area (Å²) in [7, 11) is 0. The van der Waals surface area contributed by atoms with Crippen LogP contribution in [0.4, 0.5) is 17.1 Å². The standard InChI is InChI=1S/C62H42N2O/c1-62(2)55-18-10-8-16-50(55)51-32-31-49(39-56(51)62)63(48-29-23-42(24-30-48)44-26-35-60-53(37-44)52-17-9-11-19-59(52)65-60)47-27-21-41(22-28-47)43-25-34-57-54(38-43)61-45-13-7-6-12-40(36-45)20-33-58(61)64(57)46-14-4-3-5-15-46/h3-35,37-39H,1-2H3. The third kappa shape index (κ3) is 5.91. The average Bonchev–Trinajstić information content (AvgIpc) is 3.82. The zero-order valence-corrected chi connectivity index (χ0v) is 36.1. The summed E-state index contributed by atoms with van der Waals surface area (Å²) in [6, 6.07) is 66.3. The number of furan rings is 1. The Kier molecular flexibility index (Phi) is 8.21. The van der Waals surface area contributed by atoms with E-state index in [1.807, 2.05) is 12.1 Å². The lowest BCUT2D eigenvalue weighted by Gasteiger charge is -2.28. The maximum Gasteiger partial charge on any atom is 0.135 e. The molecule has 0 atom stereocenters. The fraction of sp³-hybridized carbons (Fsp3) is 0.0484. The van der Waals surface area contributed by atoms with E-state index >= 15 is 0 Å². The number of allylic oxidation sites excluding steroid dienone is 6. The number of hydrogen-bond acceptors (Lipinski definition) is 2. The first-order valence-corrected chi connectivity index (χ1v) is 22.4. The van der Waals surface area contributed by atoms with Crippen LogP contribution in [0.5, 0.6) is 0 Å². The SMILES string of the molecule is CC1(C)c2ccccc2-c2ccc(N(c3ccc(-c4ccc5c(c4)c4c(n5-c5ccccc5)C=CC5=C=C4C=CC=C5)cc3)c3ccc(-c4ccc5oc6ccccc6c5c4)cc3)cc21. The number of benzene rings is 8. The summed E-state index contributed by atoms with van der Waals surface area (Å²) in [5.74, 6) is 0. The topological polar surface area (TPSA) is 21.3 Å². The highest BCUT2D eigenvalue weighted by molar-refractivity contribution is 6.06. The summed E-state index contributed by atoms with van der Waals surface area (Å²) in [6.45, 7) is 4.70. The third-order valence-corrected chi connectivity index (χ3v) is 13.8. The van der Waals surface area contributed by atoms with Crippen molar-refractivity contribution >= 4 is 61.6 Å². The van der Waals surface area contributed by atoms with Gasteiger partial charge < -0.3 is 13.9 Å². The third-order valence-electron chi connectivity index (χ3n) is 13.8. The van der Waals surface area contributed by atoms with Crippen molar-refractivity contribution in [1.82, 2.24) is 4.57 Å². The van der Waals surface area contributed by atoms with E-state index in [2.05, 4.69) is 235 Å². The van der Waals surface area contributed by atoms with Gasteiger partial charge in [0.1, 0.15) is 11.2 Å². The first-order valence-electron chi connectivity index (χ1n) is 22.4. The second-order valence-corrected chi connectivity index (χ2v) is 17.8. The quantitative estimate of drug-likeness (QED) is 0.156. The van der Waals surface area contributed by atoms with Gasteiger partial charge in [0.2, 0.25) is 0 Å². The van der Waals surface area contributed by atoms with Crippen LogP contribution < -0.4 is 4.90 Å². The number of anilines is 3. The van der Waals surface area contributed by atoms with Crippen molar-refractivity contribution in [2.24, 2.45) is 0 Å². The average molecular weight is 831 g/mol. The van der Waals surface area contributed by atoms with Gasteiger partial charge in [-0.05, 0) is 148 Å². The Morgan fingerprint density at radius 3 is 1.91 bits per heavy atom. The second-order valence-electron chi connectivity index (χ2n) is 17.8. The maximum absolute atomic E-state index is 6.16. The van der Waals surface area contributed by atoms with Crippen LogP contribution in [0.2, 0.25) is 0 Å². The lowest BCUT2D eigenvalue weighted by atomic mass is 9.82. The molecule has 10 aromatic rings. The Labute approximate surface area is 378 Å². The molecule has 2 aromatic heterocycles. The minimum atomic E-state index is -0.125. The molecule has 3 nitrogen and oxygen atoms in total. The molecule has 0 aliphatic heterocycles. The molecule has 2 heterocycles. The number of fused-ring (bicyclic) bond motifs is 10. The summed E-state index contributed by atoms with van der Waals surface area (Å²) in [6.07, 6.45) is 12.9. The zero-order chi connectivity index (χ0) is 43.2. The molecular formula is C62H42N2O. The highest BCUT2D eigenvalue weighted by atomic mass is 16.3. The second kappa shape index (κ2) is 14.3. The molecular weight excluding hydrogens is 789 g/mol. The summed E-state index contributed by atoms with van der Waals surface area (Å²) in [4.78, 5) is 2.40. The Balaban J connectivity index is 0.919. The molecule has 306 valence electrons. The lowest BCUT2D eigenvalue weighted by molar-refractivity contribution is 0.660. The maximum atomic E-state index is 6.16. The largest absolute Gasteiger partial charge is 0.456 e. The van der Waals surface area contributed by atoms with Crippen molar-refractivity contribution in [1.29, 1.82) is 0 Å². The molecule has 8 aromatic carbocycles. The van der Waals surface area contributed by atoms with Gasteiger partial charge in [-0.1, -0.05) is 129 Å². The minimum Gasteiger partial charge on any atom is -0.456 e. The smallest absolute Gasteiger partial charge is 0.135 e. The van der Waals surface area contributed by atoms with Crippen LogP contribution >= 0.6 is 0 Å². The van der Waals surface area contributed by atoms with Gasteiger partial charge >= 0.3 is 0 Å². The molecule has 0 unspecified atom stereocenters. The fourth-order valence-corrected chi connectivity index (χ4v) is 10.5. The van der Waals surface area contributed by atoms with E-state index in [1.54, 1.807) is 0 Å². The lowest BCUT2D eigenvalue weighted by Crippen LogP contribution is -2.16. The van der Waals surface area contributed by atoms with Crippen LogP contribution in [0.15, 0.2) is 228 Å². The van der Waals surface area contributed by atoms with Gasteiger partial charge in [0.15, 0.2) is 0 Å². The van der Waals surface area contributed by atoms with Gasteiger partial charge in [0, 0.05) is 61.0 Å². The van der Waals surface area contributed by atoms with Crippen molar-refractivity contribution in [3.63, 3.8) is 0 Å². The predicted molar refractivity (Wildman–Crippen MR) is 271 cm³/mol. The Morgan fingerprint density at radius 2 is 1.11 bits per heavy atom. The molecule has 0 radical (unpaired) electrons. The van der Waals surface area contributed by atoms with Crippen molar-refractivity contribution in [3.8, 4) is 39.1 Å². The van der Waals surface area contributed by atoms with Crippen LogP contribution in [-0.2, 0) is 5.41 Å². The molecule has 0 saturated carbocycles. The van der Waals surface area contributed by atoms with Crippen LogP contribution in [0.3, 0.4) is 0 Å². The van der Waals surface area contributed by atoms with Crippen LogP contribution in [0.1, 0.15) is 36.2 Å². The molecule has 65 heavy (non-hydrogen) atoms. The molecule has 2 bridgehead atoms. The summed E-state index contributed by atoms with van der Waals surface area (Å²) >= 11 is 0.